The summed E-state index contributed by atoms with van der Waals surface area (Å²) in [7, 11) is -7.66. The molecule has 6 nitrogen and oxygen atoms in total. The van der Waals surface area contributed by atoms with Gasteiger partial charge in [0, 0.05) is 25.7 Å². The first-order chi connectivity index (χ1) is 19.2. The number of benzene rings is 2. The zero-order valence-corrected chi connectivity index (χ0v) is 23.8. The van der Waals surface area contributed by atoms with E-state index in [4.69, 9.17) is 8.37 Å². The maximum absolute atomic E-state index is 12.0. The summed E-state index contributed by atoms with van der Waals surface area (Å²) in [6, 6.07) is 12.7. The zero-order chi connectivity index (χ0) is 29.1. The van der Waals surface area contributed by atoms with E-state index in [2.05, 4.69) is 71.0 Å². The Labute approximate surface area is 238 Å². The Morgan fingerprint density at radius 2 is 0.750 bits per heavy atom. The molecule has 40 heavy (non-hydrogen) atoms. The number of rotatable bonds is 8. The van der Waals surface area contributed by atoms with Crippen molar-refractivity contribution in [3.63, 3.8) is 0 Å². The van der Waals surface area contributed by atoms with Crippen molar-refractivity contribution in [1.29, 1.82) is 0 Å². The van der Waals surface area contributed by atoms with E-state index in [9.17, 15) is 16.8 Å². The average Bonchev–Trinajstić information content (AvgIpc) is 2.92. The molecule has 0 aliphatic heterocycles. The summed E-state index contributed by atoms with van der Waals surface area (Å²) in [5, 5.41) is 0. The summed E-state index contributed by atoms with van der Waals surface area (Å²) in [6.07, 6.45) is 2.07. The molecule has 0 N–H and O–H groups in total. The summed E-state index contributed by atoms with van der Waals surface area (Å²) in [5.74, 6) is 32.3. The van der Waals surface area contributed by atoms with Crippen molar-refractivity contribution in [3.05, 3.63) is 59.7 Å². The number of hydrogen-bond donors (Lipinski definition) is 0. The number of unbranched alkanes of at least 4 members (excludes halogenated alkanes) is 2. The molecule has 0 aliphatic rings. The van der Waals surface area contributed by atoms with Crippen LogP contribution in [0.5, 0.6) is 0 Å². The van der Waals surface area contributed by atoms with Gasteiger partial charge in [-0.05, 0) is 73.6 Å². The number of aryl methyl sites for hydroxylation is 2. The average molecular weight is 571 g/mol. The van der Waals surface area contributed by atoms with E-state index in [-0.39, 0.29) is 23.0 Å². The van der Waals surface area contributed by atoms with Crippen molar-refractivity contribution >= 4 is 20.2 Å². The molecule has 2 aromatic carbocycles. The van der Waals surface area contributed by atoms with Gasteiger partial charge in [0.1, 0.15) is 13.2 Å². The lowest BCUT2D eigenvalue weighted by Crippen LogP contribution is -2.06. The highest BCUT2D eigenvalue weighted by molar-refractivity contribution is 7.87. The lowest BCUT2D eigenvalue weighted by molar-refractivity contribution is 0.362. The third kappa shape index (κ3) is 12.9. The Bertz CT molecular complexity index is 1610. The van der Waals surface area contributed by atoms with E-state index >= 15 is 0 Å². The molecule has 0 atom stereocenters. The van der Waals surface area contributed by atoms with Crippen molar-refractivity contribution in [3.8, 4) is 71.0 Å². The van der Waals surface area contributed by atoms with Crippen LogP contribution in [0, 0.1) is 84.9 Å². The molecule has 0 aliphatic carbocycles. The van der Waals surface area contributed by atoms with Gasteiger partial charge >= 0.3 is 0 Å². The van der Waals surface area contributed by atoms with Gasteiger partial charge in [-0.3, -0.25) is 8.37 Å². The second-order valence-electron chi connectivity index (χ2n) is 7.87. The second kappa shape index (κ2) is 17.3. The Morgan fingerprint density at radius 3 is 1.05 bits per heavy atom. The molecule has 0 bridgehead atoms. The lowest BCUT2D eigenvalue weighted by atomic mass is 10.2. The third-order valence-corrected chi connectivity index (χ3v) is 7.21. The van der Waals surface area contributed by atoms with Crippen molar-refractivity contribution in [1.82, 2.24) is 0 Å². The molecule has 0 saturated heterocycles. The van der Waals surface area contributed by atoms with Crippen LogP contribution in [-0.2, 0) is 28.6 Å². The van der Waals surface area contributed by atoms with Crippen LogP contribution >= 0.6 is 0 Å². The van der Waals surface area contributed by atoms with Gasteiger partial charge in [0.05, 0.1) is 9.79 Å². The van der Waals surface area contributed by atoms with Gasteiger partial charge in [-0.15, -0.1) is 0 Å². The molecule has 0 amide bonds. The first kappa shape index (κ1) is 31.8. The first-order valence-corrected chi connectivity index (χ1v) is 14.8. The topological polar surface area (TPSA) is 86.7 Å². The summed E-state index contributed by atoms with van der Waals surface area (Å²) in [6.45, 7) is 3.19. The van der Waals surface area contributed by atoms with E-state index < -0.39 is 20.2 Å². The van der Waals surface area contributed by atoms with Crippen molar-refractivity contribution in [2.75, 3.05) is 13.2 Å². The minimum atomic E-state index is -3.83. The summed E-state index contributed by atoms with van der Waals surface area (Å²) >= 11 is 0. The molecule has 0 heterocycles. The highest BCUT2D eigenvalue weighted by Crippen LogP contribution is 2.13. The van der Waals surface area contributed by atoms with Crippen LogP contribution in [0.15, 0.2) is 58.3 Å². The predicted octanol–water partition coefficient (Wildman–Crippen LogP) is 4.00. The maximum Gasteiger partial charge on any atom is 0.297 e. The van der Waals surface area contributed by atoms with Crippen LogP contribution in [0.1, 0.15) is 36.8 Å². The molecular weight excluding hydrogens is 544 g/mol. The van der Waals surface area contributed by atoms with Crippen LogP contribution in [0.3, 0.4) is 0 Å². The van der Waals surface area contributed by atoms with Crippen LogP contribution in [0.2, 0.25) is 0 Å². The van der Waals surface area contributed by atoms with E-state index in [1.54, 1.807) is 24.3 Å². The van der Waals surface area contributed by atoms with Crippen LogP contribution in [0.25, 0.3) is 0 Å². The van der Waals surface area contributed by atoms with Gasteiger partial charge in [-0.2, -0.15) is 16.8 Å². The smallest absolute Gasteiger partial charge is 0.253 e. The van der Waals surface area contributed by atoms with Crippen molar-refractivity contribution in [2.45, 2.75) is 49.3 Å². The quantitative estimate of drug-likeness (QED) is 0.271. The molecule has 8 heteroatoms. The van der Waals surface area contributed by atoms with Crippen molar-refractivity contribution < 1.29 is 25.2 Å². The van der Waals surface area contributed by atoms with Gasteiger partial charge in [-0.25, -0.2) is 0 Å². The Morgan fingerprint density at radius 1 is 0.475 bits per heavy atom. The molecule has 0 fully saturated rings. The van der Waals surface area contributed by atoms with Gasteiger partial charge < -0.3 is 0 Å². The second-order valence-corrected chi connectivity index (χ2v) is 11.1. The van der Waals surface area contributed by atoms with E-state index in [1.165, 1.54) is 24.3 Å². The van der Waals surface area contributed by atoms with Gasteiger partial charge in [0.15, 0.2) is 0 Å². The Kier molecular flexibility index (Phi) is 13.7. The van der Waals surface area contributed by atoms with Crippen LogP contribution in [-0.4, -0.2) is 30.0 Å². The fourth-order valence-corrected chi connectivity index (χ4v) is 4.24. The molecule has 202 valence electrons. The number of hydrogen-bond acceptors (Lipinski definition) is 6. The zero-order valence-electron chi connectivity index (χ0n) is 22.1. The van der Waals surface area contributed by atoms with Gasteiger partial charge in [0.2, 0.25) is 0 Å². The Hall–Kier alpha value is -4.38. The highest BCUT2D eigenvalue weighted by atomic mass is 32.2. The molecular formula is C32H26O6S2. The normalized spacial score (nSPS) is 9.75. The summed E-state index contributed by atoms with van der Waals surface area (Å²) in [5.41, 5.74) is 1.91. The van der Waals surface area contributed by atoms with Crippen molar-refractivity contribution in [2.24, 2.45) is 0 Å². The molecule has 0 saturated carbocycles. The minimum Gasteiger partial charge on any atom is -0.253 e. The molecule has 2 aromatic rings. The van der Waals surface area contributed by atoms with E-state index in [1.807, 2.05) is 13.8 Å². The molecule has 0 radical (unpaired) electrons. The largest absolute Gasteiger partial charge is 0.297 e. The third-order valence-electron chi connectivity index (χ3n) is 4.66. The van der Waals surface area contributed by atoms with Gasteiger partial charge in [-0.1, -0.05) is 70.9 Å². The van der Waals surface area contributed by atoms with Gasteiger partial charge in [0.25, 0.3) is 20.2 Å². The highest BCUT2D eigenvalue weighted by Gasteiger charge is 2.14. The minimum absolute atomic E-state index is 0.0855. The first-order valence-electron chi connectivity index (χ1n) is 12.0. The van der Waals surface area contributed by atoms with Crippen LogP contribution in [0.4, 0.5) is 0 Å². The lowest BCUT2D eigenvalue weighted by Gasteiger charge is -2.02. The molecule has 0 aromatic heterocycles. The molecule has 0 spiro atoms. The fourth-order valence-electron chi connectivity index (χ4n) is 2.60. The maximum atomic E-state index is 12.0. The van der Waals surface area contributed by atoms with Crippen LogP contribution < -0.4 is 0 Å². The monoisotopic (exact) mass is 570 g/mol. The Balaban J connectivity index is 1.58. The standard InChI is InChI=1S/C32H26O6S2/c1-29-19-23-31(24-20-29)39(33,34)37-27-17-15-13-11-9-7-5-3-4-6-8-10-12-14-16-18-28-38-40(35,36)32-25-21-30(2)22-26-32/h19-26H,7-10,27-28H2,1-2H3. The van der Waals surface area contributed by atoms with E-state index in [0.717, 1.165) is 11.1 Å². The SMILES string of the molecule is Cc1ccc(S(=O)(=O)OCC#CC#CCCC#CC#CCCC#CC#CCOS(=O)(=O)c2ccc(C)cc2)cc1. The summed E-state index contributed by atoms with van der Waals surface area (Å²) in [4.78, 5) is 0.171. The predicted molar refractivity (Wildman–Crippen MR) is 154 cm³/mol. The molecule has 2 rings (SSSR count). The van der Waals surface area contributed by atoms with E-state index in [0.29, 0.717) is 25.7 Å². The summed E-state index contributed by atoms with van der Waals surface area (Å²) < 4.78 is 57.8. The fraction of sp³-hybridized carbons (Fsp3) is 0.250. The molecule has 0 unspecified atom stereocenters.